The van der Waals surface area contributed by atoms with Crippen LogP contribution >= 0.6 is 11.8 Å². The van der Waals surface area contributed by atoms with E-state index in [-0.39, 0.29) is 0 Å². The number of aliphatic hydroxyl groups is 1. The van der Waals surface area contributed by atoms with Crippen molar-refractivity contribution >= 4 is 11.8 Å². The zero-order valence-corrected chi connectivity index (χ0v) is 13.3. The summed E-state index contributed by atoms with van der Waals surface area (Å²) < 4.78 is 10.4. The molecule has 0 bridgehead atoms. The predicted molar refractivity (Wildman–Crippen MR) is 86.4 cm³/mol. The van der Waals surface area contributed by atoms with E-state index in [4.69, 9.17) is 9.47 Å². The first-order valence-electron chi connectivity index (χ1n) is 6.71. The summed E-state index contributed by atoms with van der Waals surface area (Å²) >= 11 is 1.61. The summed E-state index contributed by atoms with van der Waals surface area (Å²) in [5.74, 6) is 1.63. The summed E-state index contributed by atoms with van der Waals surface area (Å²) in [5, 5.41) is 10.5. The number of hydrogen-bond acceptors (Lipinski definition) is 4. The van der Waals surface area contributed by atoms with Crippen molar-refractivity contribution in [2.45, 2.75) is 17.4 Å². The maximum absolute atomic E-state index is 10.5. The molecule has 0 saturated heterocycles. The molecule has 0 spiro atoms. The first kappa shape index (κ1) is 15.7. The van der Waals surface area contributed by atoms with E-state index in [2.05, 4.69) is 0 Å². The predicted octanol–water partition coefficient (Wildman–Crippen LogP) is 3.70. The normalized spacial score (nSPS) is 12.0. The van der Waals surface area contributed by atoms with E-state index in [1.165, 1.54) is 0 Å². The Morgan fingerprint density at radius 1 is 1.00 bits per heavy atom. The van der Waals surface area contributed by atoms with Gasteiger partial charge in [0.25, 0.3) is 0 Å². The summed E-state index contributed by atoms with van der Waals surface area (Å²) in [7, 11) is 3.29. The number of hydrogen-bond donors (Lipinski definition) is 1. The minimum atomic E-state index is -0.535. The van der Waals surface area contributed by atoms with E-state index >= 15 is 0 Å². The summed E-state index contributed by atoms with van der Waals surface area (Å²) in [6.07, 6.45) is 2.04. The standard InChI is InChI=1S/C17H20O3S/c1-19-13-6-4-12(5-7-13)10-16(18)15-9-8-14(20-2)11-17(15)21-3/h4-9,11,16,18H,10H2,1-3H3. The first-order chi connectivity index (χ1) is 10.2. The van der Waals surface area contributed by atoms with Gasteiger partial charge in [-0.3, -0.25) is 0 Å². The van der Waals surface area contributed by atoms with Crippen LogP contribution in [0.2, 0.25) is 0 Å². The molecule has 0 aliphatic heterocycles. The average Bonchev–Trinajstić information content (AvgIpc) is 2.54. The van der Waals surface area contributed by atoms with Gasteiger partial charge in [0.1, 0.15) is 11.5 Å². The van der Waals surface area contributed by atoms with Gasteiger partial charge in [-0.1, -0.05) is 18.2 Å². The highest BCUT2D eigenvalue weighted by atomic mass is 32.2. The number of ether oxygens (including phenoxy) is 2. The van der Waals surface area contributed by atoms with Crippen molar-refractivity contribution < 1.29 is 14.6 Å². The van der Waals surface area contributed by atoms with Crippen molar-refractivity contribution in [1.82, 2.24) is 0 Å². The molecule has 4 heteroatoms. The van der Waals surface area contributed by atoms with Gasteiger partial charge in [-0.2, -0.15) is 0 Å². The molecule has 0 aromatic heterocycles. The smallest absolute Gasteiger partial charge is 0.119 e. The van der Waals surface area contributed by atoms with Gasteiger partial charge in [-0.25, -0.2) is 0 Å². The van der Waals surface area contributed by atoms with Crippen LogP contribution in [0.15, 0.2) is 47.4 Å². The summed E-state index contributed by atoms with van der Waals surface area (Å²) in [4.78, 5) is 1.04. The van der Waals surface area contributed by atoms with Gasteiger partial charge >= 0.3 is 0 Å². The third kappa shape index (κ3) is 3.93. The quantitative estimate of drug-likeness (QED) is 0.826. The van der Waals surface area contributed by atoms with Crippen LogP contribution in [0.4, 0.5) is 0 Å². The number of rotatable bonds is 6. The van der Waals surface area contributed by atoms with Crippen molar-refractivity contribution in [3.63, 3.8) is 0 Å². The van der Waals surface area contributed by atoms with Crippen LogP contribution in [0.3, 0.4) is 0 Å². The highest BCUT2D eigenvalue weighted by Crippen LogP contribution is 2.31. The topological polar surface area (TPSA) is 38.7 Å². The lowest BCUT2D eigenvalue weighted by Crippen LogP contribution is -2.03. The van der Waals surface area contributed by atoms with E-state index in [1.54, 1.807) is 26.0 Å². The fourth-order valence-electron chi connectivity index (χ4n) is 2.19. The molecule has 112 valence electrons. The molecule has 0 aliphatic rings. The van der Waals surface area contributed by atoms with Gasteiger partial charge < -0.3 is 14.6 Å². The largest absolute Gasteiger partial charge is 0.497 e. The Hall–Kier alpha value is -1.65. The van der Waals surface area contributed by atoms with Gasteiger partial charge in [0.05, 0.1) is 20.3 Å². The van der Waals surface area contributed by atoms with E-state index in [0.29, 0.717) is 6.42 Å². The van der Waals surface area contributed by atoms with Gasteiger partial charge in [0.2, 0.25) is 0 Å². The lowest BCUT2D eigenvalue weighted by molar-refractivity contribution is 0.175. The van der Waals surface area contributed by atoms with Crippen molar-refractivity contribution in [3.05, 3.63) is 53.6 Å². The van der Waals surface area contributed by atoms with Crippen LogP contribution in [0.25, 0.3) is 0 Å². The molecule has 1 unspecified atom stereocenters. The van der Waals surface area contributed by atoms with E-state index < -0.39 is 6.10 Å². The Kier molecular flexibility index (Phi) is 5.53. The Morgan fingerprint density at radius 3 is 2.19 bits per heavy atom. The molecule has 0 aliphatic carbocycles. The second-order valence-corrected chi connectivity index (χ2v) is 5.52. The molecule has 21 heavy (non-hydrogen) atoms. The SMILES string of the molecule is COc1ccc(CC(O)c2ccc(OC)cc2SC)cc1. The minimum Gasteiger partial charge on any atom is -0.497 e. The lowest BCUT2D eigenvalue weighted by Gasteiger charge is -2.16. The maximum atomic E-state index is 10.5. The Balaban J connectivity index is 2.17. The fraction of sp³-hybridized carbons (Fsp3) is 0.294. The van der Waals surface area contributed by atoms with Crippen LogP contribution in [-0.4, -0.2) is 25.6 Å². The highest BCUT2D eigenvalue weighted by Gasteiger charge is 2.14. The minimum absolute atomic E-state index is 0.535. The zero-order chi connectivity index (χ0) is 15.2. The number of benzene rings is 2. The monoisotopic (exact) mass is 304 g/mol. The van der Waals surface area contributed by atoms with Gasteiger partial charge in [-0.05, 0) is 41.6 Å². The molecule has 1 N–H and O–H groups in total. The number of methoxy groups -OCH3 is 2. The number of thioether (sulfide) groups is 1. The van der Waals surface area contributed by atoms with Gasteiger partial charge in [-0.15, -0.1) is 11.8 Å². The summed E-state index contributed by atoms with van der Waals surface area (Å²) in [6, 6.07) is 13.5. The van der Waals surface area contributed by atoms with E-state index in [9.17, 15) is 5.11 Å². The summed E-state index contributed by atoms with van der Waals surface area (Å²) in [6.45, 7) is 0. The Morgan fingerprint density at radius 2 is 1.62 bits per heavy atom. The second-order valence-electron chi connectivity index (χ2n) is 4.68. The van der Waals surface area contributed by atoms with Gasteiger partial charge in [0.15, 0.2) is 0 Å². The van der Waals surface area contributed by atoms with Crippen molar-refractivity contribution in [2.75, 3.05) is 20.5 Å². The third-order valence-electron chi connectivity index (χ3n) is 3.39. The fourth-order valence-corrected chi connectivity index (χ4v) is 2.86. The van der Waals surface area contributed by atoms with Crippen LogP contribution < -0.4 is 9.47 Å². The molecule has 0 radical (unpaired) electrons. The average molecular weight is 304 g/mol. The molecule has 0 fully saturated rings. The van der Waals surface area contributed by atoms with Crippen LogP contribution in [0.1, 0.15) is 17.2 Å². The maximum Gasteiger partial charge on any atom is 0.119 e. The zero-order valence-electron chi connectivity index (χ0n) is 12.5. The molecule has 2 rings (SSSR count). The first-order valence-corrected chi connectivity index (χ1v) is 7.93. The molecular formula is C17H20O3S. The second kappa shape index (κ2) is 7.38. The third-order valence-corrected chi connectivity index (χ3v) is 4.18. The van der Waals surface area contributed by atoms with E-state index in [1.807, 2.05) is 48.7 Å². The van der Waals surface area contributed by atoms with Crippen molar-refractivity contribution in [3.8, 4) is 11.5 Å². The Labute approximate surface area is 129 Å². The van der Waals surface area contributed by atoms with Crippen molar-refractivity contribution in [1.29, 1.82) is 0 Å². The van der Waals surface area contributed by atoms with Crippen LogP contribution in [0.5, 0.6) is 11.5 Å². The molecular weight excluding hydrogens is 284 g/mol. The molecule has 2 aromatic carbocycles. The van der Waals surface area contributed by atoms with Gasteiger partial charge in [0, 0.05) is 11.3 Å². The lowest BCUT2D eigenvalue weighted by atomic mass is 10.0. The molecule has 3 nitrogen and oxygen atoms in total. The summed E-state index contributed by atoms with van der Waals surface area (Å²) in [5.41, 5.74) is 2.00. The highest BCUT2D eigenvalue weighted by molar-refractivity contribution is 7.98. The van der Waals surface area contributed by atoms with Crippen LogP contribution in [-0.2, 0) is 6.42 Å². The van der Waals surface area contributed by atoms with Crippen molar-refractivity contribution in [2.24, 2.45) is 0 Å². The van der Waals surface area contributed by atoms with Crippen LogP contribution in [0, 0.1) is 0 Å². The Bertz CT molecular complexity index is 581. The molecule has 0 saturated carbocycles. The van der Waals surface area contributed by atoms with E-state index in [0.717, 1.165) is 27.5 Å². The molecule has 0 amide bonds. The molecule has 2 aromatic rings. The number of aliphatic hydroxyl groups excluding tert-OH is 1. The molecule has 1 atom stereocenters. The molecule has 0 heterocycles.